The summed E-state index contributed by atoms with van der Waals surface area (Å²) in [5, 5.41) is 11.0. The minimum Gasteiger partial charge on any atom is -0.506 e. The molecule has 0 atom stereocenters. The van der Waals surface area contributed by atoms with Crippen molar-refractivity contribution in [3.63, 3.8) is 0 Å². The van der Waals surface area contributed by atoms with Crippen LogP contribution >= 0.6 is 23.7 Å². The number of hydrogen-bond donors (Lipinski definition) is 1. The standard InChI is InChI=1S/C16H12N2O4S.ClH/c1-8-14(9(2)19)23-16(18-8)17-7-11-13(20)10-5-3-4-6-12(10)22-15(11)21;/h3-7,20H,1-2H3;1H/b17-7-;. The van der Waals surface area contributed by atoms with Gasteiger partial charge in [-0.1, -0.05) is 23.5 Å². The average Bonchev–Trinajstić information content (AvgIpc) is 2.88. The first-order valence-corrected chi connectivity index (χ1v) is 7.56. The molecule has 8 heteroatoms. The van der Waals surface area contributed by atoms with Gasteiger partial charge in [-0.2, -0.15) is 0 Å². The normalized spacial score (nSPS) is 10.9. The number of aryl methyl sites for hydroxylation is 1. The van der Waals surface area contributed by atoms with E-state index in [2.05, 4.69) is 9.98 Å². The highest BCUT2D eigenvalue weighted by Crippen LogP contribution is 2.27. The van der Waals surface area contributed by atoms with E-state index in [1.165, 1.54) is 13.1 Å². The summed E-state index contributed by atoms with van der Waals surface area (Å²) in [4.78, 5) is 32.1. The lowest BCUT2D eigenvalue weighted by atomic mass is 10.1. The Bertz CT molecular complexity index is 1010. The first-order valence-electron chi connectivity index (χ1n) is 6.74. The van der Waals surface area contributed by atoms with Crippen molar-refractivity contribution >= 4 is 51.8 Å². The number of nitrogens with zero attached hydrogens (tertiary/aromatic N) is 2. The topological polar surface area (TPSA) is 92.8 Å². The van der Waals surface area contributed by atoms with Crippen LogP contribution in [0.5, 0.6) is 5.75 Å². The van der Waals surface area contributed by atoms with Gasteiger partial charge >= 0.3 is 5.63 Å². The predicted octanol–water partition coefficient (Wildman–Crippen LogP) is 3.64. The first-order chi connectivity index (χ1) is 11.0. The number of aromatic hydroxyl groups is 1. The van der Waals surface area contributed by atoms with Crippen LogP contribution in [-0.2, 0) is 0 Å². The van der Waals surface area contributed by atoms with Gasteiger partial charge in [-0.3, -0.25) is 4.79 Å². The Morgan fingerprint density at radius 2 is 2.08 bits per heavy atom. The van der Waals surface area contributed by atoms with Crippen molar-refractivity contribution in [2.24, 2.45) is 4.99 Å². The number of aromatic nitrogens is 1. The lowest BCUT2D eigenvalue weighted by Gasteiger charge is -2.01. The first kappa shape index (κ1) is 17.8. The molecule has 0 radical (unpaired) electrons. The van der Waals surface area contributed by atoms with E-state index in [0.29, 0.717) is 26.7 Å². The summed E-state index contributed by atoms with van der Waals surface area (Å²) >= 11 is 1.13. The summed E-state index contributed by atoms with van der Waals surface area (Å²) in [6.45, 7) is 3.17. The van der Waals surface area contributed by atoms with Crippen LogP contribution < -0.4 is 5.63 Å². The van der Waals surface area contributed by atoms with Crippen LogP contribution in [0.25, 0.3) is 11.0 Å². The number of halogens is 1. The molecule has 0 bridgehead atoms. The number of carbonyl (C=O) groups excluding carboxylic acids is 1. The molecule has 124 valence electrons. The number of fused-ring (bicyclic) bond motifs is 1. The second-order valence-corrected chi connectivity index (χ2v) is 5.85. The Morgan fingerprint density at radius 3 is 2.75 bits per heavy atom. The molecule has 0 aliphatic rings. The number of ketones is 1. The monoisotopic (exact) mass is 364 g/mol. The summed E-state index contributed by atoms with van der Waals surface area (Å²) in [7, 11) is 0. The molecule has 1 aromatic carbocycles. The summed E-state index contributed by atoms with van der Waals surface area (Å²) in [5.74, 6) is -0.282. The minimum atomic E-state index is -0.690. The number of Topliss-reactive ketones (excluding diaryl/α,β-unsaturated/α-hetero) is 1. The van der Waals surface area contributed by atoms with E-state index in [1.54, 1.807) is 31.2 Å². The van der Waals surface area contributed by atoms with Gasteiger partial charge in [0.2, 0.25) is 5.13 Å². The van der Waals surface area contributed by atoms with Crippen LogP contribution in [0, 0.1) is 6.92 Å². The van der Waals surface area contributed by atoms with Crippen LogP contribution in [-0.4, -0.2) is 22.1 Å². The van der Waals surface area contributed by atoms with Crippen LogP contribution in [0.3, 0.4) is 0 Å². The quantitative estimate of drug-likeness (QED) is 0.435. The number of benzene rings is 1. The number of hydrogen-bond acceptors (Lipinski definition) is 7. The highest BCUT2D eigenvalue weighted by Gasteiger charge is 2.13. The fourth-order valence-corrected chi connectivity index (χ4v) is 2.95. The van der Waals surface area contributed by atoms with Crippen LogP contribution in [0.4, 0.5) is 5.13 Å². The van der Waals surface area contributed by atoms with Crippen molar-refractivity contribution < 1.29 is 14.3 Å². The van der Waals surface area contributed by atoms with Gasteiger partial charge < -0.3 is 9.52 Å². The van der Waals surface area contributed by atoms with Gasteiger partial charge in [0.15, 0.2) is 5.78 Å². The van der Waals surface area contributed by atoms with E-state index < -0.39 is 5.63 Å². The molecule has 0 fully saturated rings. The van der Waals surface area contributed by atoms with E-state index in [9.17, 15) is 14.7 Å². The Morgan fingerprint density at radius 1 is 1.38 bits per heavy atom. The molecular formula is C16H13ClN2O4S. The summed E-state index contributed by atoms with van der Waals surface area (Å²) in [6, 6.07) is 6.68. The molecule has 0 spiro atoms. The van der Waals surface area contributed by atoms with Gasteiger partial charge in [0.1, 0.15) is 16.9 Å². The van der Waals surface area contributed by atoms with E-state index in [1.807, 2.05) is 0 Å². The van der Waals surface area contributed by atoms with E-state index in [4.69, 9.17) is 4.42 Å². The predicted molar refractivity (Wildman–Crippen MR) is 95.5 cm³/mol. The Kier molecular flexibility index (Phi) is 5.16. The summed E-state index contributed by atoms with van der Waals surface area (Å²) < 4.78 is 5.15. The van der Waals surface area contributed by atoms with E-state index >= 15 is 0 Å². The maximum absolute atomic E-state index is 12.0. The van der Waals surface area contributed by atoms with Gasteiger partial charge in [-0.15, -0.1) is 12.4 Å². The molecule has 0 saturated heterocycles. The van der Waals surface area contributed by atoms with Crippen molar-refractivity contribution in [2.75, 3.05) is 0 Å². The molecule has 3 rings (SSSR count). The number of carbonyl (C=O) groups is 1. The Labute approximate surface area is 146 Å². The zero-order chi connectivity index (χ0) is 16.6. The summed E-state index contributed by atoms with van der Waals surface area (Å²) in [5.41, 5.74) is 0.145. The highest BCUT2D eigenvalue weighted by atomic mass is 35.5. The van der Waals surface area contributed by atoms with E-state index in [0.717, 1.165) is 11.3 Å². The lowest BCUT2D eigenvalue weighted by Crippen LogP contribution is -2.06. The fourth-order valence-electron chi connectivity index (χ4n) is 2.15. The highest BCUT2D eigenvalue weighted by molar-refractivity contribution is 7.17. The SMILES string of the molecule is CC(=O)c1sc(/N=C\c2c(O)c3ccccc3oc2=O)nc1C.Cl. The molecule has 3 aromatic rings. The van der Waals surface area contributed by atoms with E-state index in [-0.39, 0.29) is 29.5 Å². The lowest BCUT2D eigenvalue weighted by molar-refractivity contribution is 0.102. The van der Waals surface area contributed by atoms with Crippen LogP contribution in [0.2, 0.25) is 0 Å². The molecule has 0 saturated carbocycles. The third-order valence-corrected chi connectivity index (χ3v) is 4.40. The van der Waals surface area contributed by atoms with Gasteiger partial charge in [-0.25, -0.2) is 14.8 Å². The van der Waals surface area contributed by atoms with Gasteiger partial charge in [0.05, 0.1) is 16.0 Å². The van der Waals surface area contributed by atoms with Crippen LogP contribution in [0.15, 0.2) is 38.5 Å². The third-order valence-electron chi connectivity index (χ3n) is 3.23. The number of rotatable bonds is 3. The van der Waals surface area contributed by atoms with Gasteiger partial charge in [-0.05, 0) is 19.1 Å². The van der Waals surface area contributed by atoms with Crippen LogP contribution in [0.1, 0.15) is 27.9 Å². The molecule has 0 unspecified atom stereocenters. The van der Waals surface area contributed by atoms with Gasteiger partial charge in [0.25, 0.3) is 0 Å². The molecule has 24 heavy (non-hydrogen) atoms. The largest absolute Gasteiger partial charge is 0.506 e. The second kappa shape index (κ2) is 6.94. The van der Waals surface area contributed by atoms with Gasteiger partial charge in [0, 0.05) is 13.1 Å². The molecule has 0 aliphatic heterocycles. The number of para-hydroxylation sites is 1. The summed E-state index contributed by atoms with van der Waals surface area (Å²) in [6.07, 6.45) is 1.20. The molecule has 2 heterocycles. The zero-order valence-electron chi connectivity index (χ0n) is 12.8. The Hall–Kier alpha value is -2.51. The van der Waals surface area contributed by atoms with Crippen molar-refractivity contribution in [1.82, 2.24) is 4.98 Å². The minimum absolute atomic E-state index is 0. The van der Waals surface area contributed by atoms with Crippen molar-refractivity contribution in [3.05, 3.63) is 50.8 Å². The number of thiazole rings is 1. The molecule has 6 nitrogen and oxygen atoms in total. The molecular weight excluding hydrogens is 352 g/mol. The smallest absolute Gasteiger partial charge is 0.348 e. The van der Waals surface area contributed by atoms with Crippen molar-refractivity contribution in [3.8, 4) is 5.75 Å². The van der Waals surface area contributed by atoms with Crippen molar-refractivity contribution in [1.29, 1.82) is 0 Å². The fraction of sp³-hybridized carbons (Fsp3) is 0.125. The average molecular weight is 365 g/mol. The molecule has 2 aromatic heterocycles. The number of aliphatic imine (C=N–C) groups is 1. The van der Waals surface area contributed by atoms with Crippen molar-refractivity contribution in [2.45, 2.75) is 13.8 Å². The maximum Gasteiger partial charge on any atom is 0.348 e. The second-order valence-electron chi connectivity index (χ2n) is 4.87. The molecule has 1 N–H and O–H groups in total. The molecule has 0 amide bonds. The Balaban J connectivity index is 0.00000208. The third kappa shape index (κ3) is 3.22. The zero-order valence-corrected chi connectivity index (χ0v) is 14.4. The maximum atomic E-state index is 12.0. The molecule has 0 aliphatic carbocycles.